The summed E-state index contributed by atoms with van der Waals surface area (Å²) in [5.74, 6) is 0.895. The van der Waals surface area contributed by atoms with E-state index in [9.17, 15) is 4.79 Å². The van der Waals surface area contributed by atoms with E-state index >= 15 is 0 Å². The van der Waals surface area contributed by atoms with Crippen molar-refractivity contribution in [1.82, 2.24) is 10.3 Å². The second kappa shape index (κ2) is 9.35. The molecule has 0 radical (unpaired) electrons. The number of aryl methyl sites for hydroxylation is 2. The zero-order valence-corrected chi connectivity index (χ0v) is 20.0. The first-order valence-electron chi connectivity index (χ1n) is 10.6. The number of piperidine rings is 1. The lowest BCUT2D eigenvalue weighted by atomic mass is 9.98. The number of carbonyl (C=O) groups excluding carboxylic acids is 1. The first kappa shape index (κ1) is 23.2. The highest BCUT2D eigenvalue weighted by atomic mass is 35.5. The molecule has 1 amide bonds. The van der Waals surface area contributed by atoms with Crippen molar-refractivity contribution < 1.29 is 14.3 Å². The Morgan fingerprint density at radius 3 is 2.52 bits per heavy atom. The summed E-state index contributed by atoms with van der Waals surface area (Å²) in [5, 5.41) is 3.46. The van der Waals surface area contributed by atoms with Gasteiger partial charge in [-0.1, -0.05) is 11.6 Å². The molecule has 1 N–H and O–H groups in total. The highest BCUT2D eigenvalue weighted by Gasteiger charge is 2.26. The number of nitrogens with one attached hydrogen (secondary N) is 1. The van der Waals surface area contributed by atoms with Crippen LogP contribution in [0.4, 0.5) is 10.5 Å². The van der Waals surface area contributed by atoms with E-state index in [-0.39, 0.29) is 12.1 Å². The lowest BCUT2D eigenvalue weighted by Gasteiger charge is -2.36. The lowest BCUT2D eigenvalue weighted by Crippen LogP contribution is -2.49. The van der Waals surface area contributed by atoms with E-state index < -0.39 is 5.60 Å². The molecule has 0 aliphatic carbocycles. The predicted molar refractivity (Wildman–Crippen MR) is 125 cm³/mol. The molecular weight excluding hydrogens is 414 g/mol. The molecule has 1 aliphatic heterocycles. The molecule has 0 bridgehead atoms. The maximum Gasteiger partial charge on any atom is 0.407 e. The normalized spacial score (nSPS) is 16.7. The molecule has 1 atom stereocenters. The van der Waals surface area contributed by atoms with Gasteiger partial charge in [0.15, 0.2) is 0 Å². The van der Waals surface area contributed by atoms with Crippen molar-refractivity contribution in [2.24, 2.45) is 0 Å². The van der Waals surface area contributed by atoms with Gasteiger partial charge in [0.2, 0.25) is 0 Å². The maximum atomic E-state index is 12.3. The monoisotopic (exact) mass is 445 g/mol. The fraction of sp³-hybridized carbons (Fsp3) is 0.500. The van der Waals surface area contributed by atoms with Crippen molar-refractivity contribution in [3.8, 4) is 16.9 Å². The first-order chi connectivity index (χ1) is 14.6. The van der Waals surface area contributed by atoms with Gasteiger partial charge in [-0.05, 0) is 82.3 Å². The van der Waals surface area contributed by atoms with Crippen molar-refractivity contribution in [3.63, 3.8) is 0 Å². The Hall–Kier alpha value is -2.47. The molecule has 1 fully saturated rings. The van der Waals surface area contributed by atoms with E-state index in [2.05, 4.69) is 27.3 Å². The number of pyridine rings is 1. The third kappa shape index (κ3) is 5.82. The quantitative estimate of drug-likeness (QED) is 0.627. The molecule has 0 spiro atoms. The molecule has 31 heavy (non-hydrogen) atoms. The SMILES string of the molecule is COc1c(C)cc(-c2cnc(Cl)cc2N2CCC[C@H](NC(=O)OC(C)(C)C)C2)cc1C. The van der Waals surface area contributed by atoms with Gasteiger partial charge in [0.05, 0.1) is 7.11 Å². The van der Waals surface area contributed by atoms with E-state index in [1.54, 1.807) is 7.11 Å². The zero-order valence-electron chi connectivity index (χ0n) is 19.2. The van der Waals surface area contributed by atoms with Gasteiger partial charge >= 0.3 is 6.09 Å². The number of amides is 1. The van der Waals surface area contributed by atoms with Crippen LogP contribution in [0.25, 0.3) is 11.1 Å². The molecule has 1 aromatic carbocycles. The van der Waals surface area contributed by atoms with Crippen molar-refractivity contribution in [1.29, 1.82) is 0 Å². The van der Waals surface area contributed by atoms with Gasteiger partial charge in [0.25, 0.3) is 0 Å². The third-order valence-corrected chi connectivity index (χ3v) is 5.51. The molecule has 1 aliphatic rings. The number of benzene rings is 1. The third-order valence-electron chi connectivity index (χ3n) is 5.31. The standard InChI is InChI=1S/C24H32ClN3O3/c1-15-10-17(11-16(2)22(15)30-6)19-13-26-21(25)12-20(19)28-9-7-8-18(14-28)27-23(29)31-24(3,4)5/h10-13,18H,7-9,14H2,1-6H3,(H,27,29)/t18-/m0/s1. The second-order valence-electron chi connectivity index (χ2n) is 9.10. The van der Waals surface area contributed by atoms with Crippen LogP contribution in [0.1, 0.15) is 44.7 Å². The number of ether oxygens (including phenoxy) is 2. The lowest BCUT2D eigenvalue weighted by molar-refractivity contribution is 0.0500. The molecular formula is C24H32ClN3O3. The Bertz CT molecular complexity index is 933. The van der Waals surface area contributed by atoms with E-state index in [1.165, 1.54) is 0 Å². The number of methoxy groups -OCH3 is 1. The molecule has 1 aromatic heterocycles. The number of hydrogen-bond acceptors (Lipinski definition) is 5. The molecule has 2 aromatic rings. The highest BCUT2D eigenvalue weighted by molar-refractivity contribution is 6.29. The van der Waals surface area contributed by atoms with Crippen LogP contribution in [0.2, 0.25) is 5.15 Å². The van der Waals surface area contributed by atoms with Crippen molar-refractivity contribution in [2.75, 3.05) is 25.1 Å². The number of carbonyl (C=O) groups is 1. The Labute approximate surface area is 189 Å². The Morgan fingerprint density at radius 2 is 1.90 bits per heavy atom. The van der Waals surface area contributed by atoms with Crippen molar-refractivity contribution in [3.05, 3.63) is 40.7 Å². The van der Waals surface area contributed by atoms with Gasteiger partial charge in [-0.3, -0.25) is 0 Å². The number of alkyl carbamates (subject to hydrolysis) is 1. The van der Waals surface area contributed by atoms with E-state index in [0.29, 0.717) is 11.7 Å². The van der Waals surface area contributed by atoms with Gasteiger partial charge in [0.1, 0.15) is 16.5 Å². The van der Waals surface area contributed by atoms with Crippen LogP contribution in [0, 0.1) is 13.8 Å². The van der Waals surface area contributed by atoms with Crippen LogP contribution in [0.3, 0.4) is 0 Å². The summed E-state index contributed by atoms with van der Waals surface area (Å²) in [7, 11) is 1.69. The first-order valence-corrected chi connectivity index (χ1v) is 11.0. The van der Waals surface area contributed by atoms with Crippen LogP contribution >= 0.6 is 11.6 Å². The van der Waals surface area contributed by atoms with Gasteiger partial charge in [0, 0.05) is 36.6 Å². The van der Waals surface area contributed by atoms with Crippen LogP contribution in [-0.4, -0.2) is 42.9 Å². The topological polar surface area (TPSA) is 63.7 Å². The summed E-state index contributed by atoms with van der Waals surface area (Å²) in [4.78, 5) is 18.9. The van der Waals surface area contributed by atoms with Crippen molar-refractivity contribution in [2.45, 2.75) is 59.1 Å². The predicted octanol–water partition coefficient (Wildman–Crippen LogP) is 5.52. The molecule has 0 saturated carbocycles. The average Bonchev–Trinajstić information content (AvgIpc) is 2.66. The van der Waals surface area contributed by atoms with E-state index in [1.807, 2.05) is 46.9 Å². The smallest absolute Gasteiger partial charge is 0.407 e. The Morgan fingerprint density at radius 1 is 1.23 bits per heavy atom. The molecule has 7 heteroatoms. The molecule has 3 rings (SSSR count). The van der Waals surface area contributed by atoms with Crippen LogP contribution in [0.5, 0.6) is 5.75 Å². The van der Waals surface area contributed by atoms with E-state index in [0.717, 1.165) is 53.1 Å². The summed E-state index contributed by atoms with van der Waals surface area (Å²) in [5.41, 5.74) is 4.71. The number of aromatic nitrogens is 1. The Balaban J connectivity index is 1.88. The highest BCUT2D eigenvalue weighted by Crippen LogP contribution is 2.37. The summed E-state index contributed by atoms with van der Waals surface area (Å²) >= 11 is 6.28. The minimum Gasteiger partial charge on any atom is -0.496 e. The molecule has 0 unspecified atom stereocenters. The zero-order chi connectivity index (χ0) is 22.8. The number of halogens is 1. The summed E-state index contributed by atoms with van der Waals surface area (Å²) in [6, 6.07) is 6.13. The fourth-order valence-electron chi connectivity index (χ4n) is 4.12. The molecule has 1 saturated heterocycles. The molecule has 6 nitrogen and oxygen atoms in total. The summed E-state index contributed by atoms with van der Waals surface area (Å²) in [6.45, 7) is 11.2. The average molecular weight is 446 g/mol. The second-order valence-corrected chi connectivity index (χ2v) is 9.49. The maximum absolute atomic E-state index is 12.3. The van der Waals surface area contributed by atoms with E-state index in [4.69, 9.17) is 21.1 Å². The minimum atomic E-state index is -0.520. The number of rotatable bonds is 4. The van der Waals surface area contributed by atoms with Crippen LogP contribution in [-0.2, 0) is 4.74 Å². The minimum absolute atomic E-state index is 0.00253. The Kier molecular flexibility index (Phi) is 6.99. The number of anilines is 1. The van der Waals surface area contributed by atoms with Gasteiger partial charge in [-0.2, -0.15) is 0 Å². The summed E-state index contributed by atoms with van der Waals surface area (Å²) in [6.07, 6.45) is 3.31. The van der Waals surface area contributed by atoms with Crippen molar-refractivity contribution >= 4 is 23.4 Å². The largest absolute Gasteiger partial charge is 0.496 e. The van der Waals surface area contributed by atoms with Gasteiger partial charge in [-0.15, -0.1) is 0 Å². The molecule has 2 heterocycles. The molecule has 168 valence electrons. The van der Waals surface area contributed by atoms with Crippen LogP contribution < -0.4 is 15.0 Å². The van der Waals surface area contributed by atoms with Crippen LogP contribution in [0.15, 0.2) is 24.4 Å². The fourth-order valence-corrected chi connectivity index (χ4v) is 4.27. The number of hydrogen-bond donors (Lipinski definition) is 1. The summed E-state index contributed by atoms with van der Waals surface area (Å²) < 4.78 is 10.9. The van der Waals surface area contributed by atoms with Gasteiger partial charge in [-0.25, -0.2) is 9.78 Å². The van der Waals surface area contributed by atoms with Gasteiger partial charge < -0.3 is 19.7 Å². The number of nitrogens with zero attached hydrogens (tertiary/aromatic N) is 2.